The van der Waals surface area contributed by atoms with E-state index in [0.717, 1.165) is 15.6 Å². The van der Waals surface area contributed by atoms with Crippen molar-refractivity contribution in [2.75, 3.05) is 0 Å². The van der Waals surface area contributed by atoms with Crippen LogP contribution >= 0.6 is 27.5 Å². The molecule has 2 aromatic carbocycles. The summed E-state index contributed by atoms with van der Waals surface area (Å²) >= 11 is 9.37. The first-order valence-electron chi connectivity index (χ1n) is 5.79. The number of carboxylic acid groups (broad SMARTS) is 1. The Hall–Kier alpha value is -1.32. The summed E-state index contributed by atoms with van der Waals surface area (Å²) in [5, 5.41) is 9.96. The number of aliphatic carboxylic acids is 1. The molecule has 0 bridgehead atoms. The maximum atomic E-state index is 11.5. The normalized spacial score (nSPS) is 12.1. The molecule has 2 nitrogen and oxygen atoms in total. The van der Waals surface area contributed by atoms with Crippen LogP contribution in [0.25, 0.3) is 0 Å². The third-order valence-corrected chi connectivity index (χ3v) is 3.94. The number of carbonyl (C=O) groups is 1. The zero-order valence-corrected chi connectivity index (χ0v) is 12.4. The average molecular weight is 340 g/mol. The molecule has 0 saturated carbocycles. The lowest BCUT2D eigenvalue weighted by Gasteiger charge is -2.14. The minimum absolute atomic E-state index is 0.428. The van der Waals surface area contributed by atoms with Gasteiger partial charge in [-0.15, -0.1) is 0 Å². The van der Waals surface area contributed by atoms with Crippen molar-refractivity contribution in [1.82, 2.24) is 0 Å². The lowest BCUT2D eigenvalue weighted by molar-refractivity contribution is -0.138. The molecule has 1 unspecified atom stereocenters. The van der Waals surface area contributed by atoms with Gasteiger partial charge in [-0.05, 0) is 35.7 Å². The van der Waals surface area contributed by atoms with Crippen molar-refractivity contribution in [2.45, 2.75) is 12.3 Å². The van der Waals surface area contributed by atoms with Crippen molar-refractivity contribution >= 4 is 33.5 Å². The number of hydrogen-bond acceptors (Lipinski definition) is 1. The molecule has 0 heterocycles. The van der Waals surface area contributed by atoms with Gasteiger partial charge in [0.05, 0.1) is 5.92 Å². The molecule has 0 aliphatic rings. The van der Waals surface area contributed by atoms with E-state index >= 15 is 0 Å². The zero-order valence-electron chi connectivity index (χ0n) is 10.0. The summed E-state index contributed by atoms with van der Waals surface area (Å²) in [5.74, 6) is -1.45. The summed E-state index contributed by atoms with van der Waals surface area (Å²) in [6.07, 6.45) is 0.428. The lowest BCUT2D eigenvalue weighted by Crippen LogP contribution is -2.14. The van der Waals surface area contributed by atoms with Gasteiger partial charge in [-0.2, -0.15) is 0 Å². The standard InChI is InChI=1S/C15H12BrClO2/c16-14-7-2-1-4-11(14)9-13(15(18)19)10-5-3-6-12(17)8-10/h1-8,13H,9H2,(H,18,19). The predicted octanol–water partition coefficient (Wildman–Crippen LogP) is 4.51. The summed E-state index contributed by atoms with van der Waals surface area (Å²) < 4.78 is 0.920. The Bertz CT molecular complexity index is 598. The van der Waals surface area contributed by atoms with E-state index in [9.17, 15) is 9.90 Å². The van der Waals surface area contributed by atoms with Crippen LogP contribution in [0.2, 0.25) is 5.02 Å². The van der Waals surface area contributed by atoms with E-state index in [2.05, 4.69) is 15.9 Å². The van der Waals surface area contributed by atoms with Gasteiger partial charge < -0.3 is 5.11 Å². The van der Waals surface area contributed by atoms with Crippen LogP contribution in [0, 0.1) is 0 Å². The van der Waals surface area contributed by atoms with Crippen LogP contribution in [0.5, 0.6) is 0 Å². The van der Waals surface area contributed by atoms with Crippen molar-refractivity contribution < 1.29 is 9.90 Å². The molecule has 1 N–H and O–H groups in total. The second-order valence-electron chi connectivity index (χ2n) is 4.24. The van der Waals surface area contributed by atoms with Crippen LogP contribution in [0.15, 0.2) is 53.0 Å². The van der Waals surface area contributed by atoms with E-state index in [0.29, 0.717) is 11.4 Å². The molecule has 2 rings (SSSR count). The first-order valence-corrected chi connectivity index (χ1v) is 6.96. The molecule has 19 heavy (non-hydrogen) atoms. The molecule has 0 aliphatic heterocycles. The van der Waals surface area contributed by atoms with Crippen molar-refractivity contribution in [3.63, 3.8) is 0 Å². The Morgan fingerprint density at radius 2 is 1.95 bits per heavy atom. The highest BCUT2D eigenvalue weighted by atomic mass is 79.9. The quantitative estimate of drug-likeness (QED) is 0.889. The molecule has 1 atom stereocenters. The van der Waals surface area contributed by atoms with Gasteiger partial charge in [-0.1, -0.05) is 57.9 Å². The summed E-state index contributed by atoms with van der Waals surface area (Å²) in [7, 11) is 0. The van der Waals surface area contributed by atoms with E-state index in [-0.39, 0.29) is 0 Å². The van der Waals surface area contributed by atoms with Gasteiger partial charge in [0.25, 0.3) is 0 Å². The molecule has 0 amide bonds. The highest BCUT2D eigenvalue weighted by molar-refractivity contribution is 9.10. The Kier molecular flexibility index (Phi) is 4.61. The van der Waals surface area contributed by atoms with Gasteiger partial charge in [-0.3, -0.25) is 4.79 Å². The fourth-order valence-electron chi connectivity index (χ4n) is 1.95. The second-order valence-corrected chi connectivity index (χ2v) is 5.53. The van der Waals surface area contributed by atoms with Crippen LogP contribution in [0.3, 0.4) is 0 Å². The van der Waals surface area contributed by atoms with Crippen molar-refractivity contribution in [3.8, 4) is 0 Å². The minimum Gasteiger partial charge on any atom is -0.481 e. The molecule has 0 radical (unpaired) electrons. The van der Waals surface area contributed by atoms with Gasteiger partial charge in [0, 0.05) is 9.50 Å². The number of benzene rings is 2. The number of halogens is 2. The van der Waals surface area contributed by atoms with E-state index in [1.807, 2.05) is 24.3 Å². The van der Waals surface area contributed by atoms with Gasteiger partial charge in [0.15, 0.2) is 0 Å². The maximum absolute atomic E-state index is 11.5. The summed E-state index contributed by atoms with van der Waals surface area (Å²) in [5.41, 5.74) is 1.69. The van der Waals surface area contributed by atoms with E-state index in [1.54, 1.807) is 24.3 Å². The van der Waals surface area contributed by atoms with Crippen LogP contribution in [0.1, 0.15) is 17.0 Å². The fourth-order valence-corrected chi connectivity index (χ4v) is 2.60. The van der Waals surface area contributed by atoms with Crippen molar-refractivity contribution in [1.29, 1.82) is 0 Å². The first-order chi connectivity index (χ1) is 9.08. The molecule has 4 heteroatoms. The molecule has 0 aliphatic carbocycles. The van der Waals surface area contributed by atoms with Crippen molar-refractivity contribution in [3.05, 3.63) is 69.2 Å². The predicted molar refractivity (Wildman–Crippen MR) is 79.7 cm³/mol. The van der Waals surface area contributed by atoms with Crippen LogP contribution in [0.4, 0.5) is 0 Å². The molecule has 98 valence electrons. The highest BCUT2D eigenvalue weighted by Gasteiger charge is 2.21. The monoisotopic (exact) mass is 338 g/mol. The van der Waals surface area contributed by atoms with Crippen LogP contribution in [-0.2, 0) is 11.2 Å². The number of carboxylic acids is 1. The van der Waals surface area contributed by atoms with Crippen LogP contribution < -0.4 is 0 Å². The summed E-state index contributed by atoms with van der Waals surface area (Å²) in [6, 6.07) is 14.6. The van der Waals surface area contributed by atoms with Crippen LogP contribution in [-0.4, -0.2) is 11.1 Å². The molecule has 0 saturated heterocycles. The Morgan fingerprint density at radius 1 is 1.21 bits per heavy atom. The van der Waals surface area contributed by atoms with Gasteiger partial charge in [0.1, 0.15) is 0 Å². The Labute approximate surface area is 125 Å². The fraction of sp³-hybridized carbons (Fsp3) is 0.133. The third kappa shape index (κ3) is 3.58. The zero-order chi connectivity index (χ0) is 13.8. The van der Waals surface area contributed by atoms with E-state index in [1.165, 1.54) is 0 Å². The summed E-state index contributed by atoms with van der Waals surface area (Å²) in [6.45, 7) is 0. The van der Waals surface area contributed by atoms with E-state index in [4.69, 9.17) is 11.6 Å². The molecular formula is C15H12BrClO2. The van der Waals surface area contributed by atoms with Crippen molar-refractivity contribution in [2.24, 2.45) is 0 Å². The minimum atomic E-state index is -0.849. The average Bonchev–Trinajstić information content (AvgIpc) is 2.37. The topological polar surface area (TPSA) is 37.3 Å². The molecule has 0 aromatic heterocycles. The number of rotatable bonds is 4. The molecule has 0 spiro atoms. The van der Waals surface area contributed by atoms with E-state index < -0.39 is 11.9 Å². The summed E-state index contributed by atoms with van der Waals surface area (Å²) in [4.78, 5) is 11.5. The Morgan fingerprint density at radius 3 is 2.58 bits per heavy atom. The smallest absolute Gasteiger partial charge is 0.311 e. The largest absolute Gasteiger partial charge is 0.481 e. The first kappa shape index (κ1) is 14.1. The molecular weight excluding hydrogens is 328 g/mol. The Balaban J connectivity index is 2.32. The second kappa shape index (κ2) is 6.22. The maximum Gasteiger partial charge on any atom is 0.311 e. The third-order valence-electron chi connectivity index (χ3n) is 2.93. The van der Waals surface area contributed by atoms with Gasteiger partial charge >= 0.3 is 5.97 Å². The lowest BCUT2D eigenvalue weighted by atomic mass is 9.92. The SMILES string of the molecule is O=C(O)C(Cc1ccccc1Br)c1cccc(Cl)c1. The van der Waals surface area contributed by atoms with Gasteiger partial charge in [0.2, 0.25) is 0 Å². The molecule has 0 fully saturated rings. The number of hydrogen-bond donors (Lipinski definition) is 1. The van der Waals surface area contributed by atoms with Gasteiger partial charge in [-0.25, -0.2) is 0 Å². The highest BCUT2D eigenvalue weighted by Crippen LogP contribution is 2.27. The molecule has 2 aromatic rings.